The molecule has 2 aromatic rings. The molecule has 0 aromatic heterocycles. The Morgan fingerprint density at radius 3 is 0.790 bits per heavy atom. The molecule has 0 aliphatic carbocycles. The fraction of sp³-hybridized carbons (Fsp3) is 0.747. The van der Waals surface area contributed by atoms with Gasteiger partial charge in [0.25, 0.3) is 0 Å². The first-order chi connectivity index (χ1) is 40.2. The van der Waals surface area contributed by atoms with Crippen molar-refractivity contribution in [2.45, 2.75) is 381 Å². The molecule has 2 aromatic carbocycles. The minimum atomic E-state index is 0.854. The predicted octanol–water partition coefficient (Wildman–Crippen LogP) is 26.7. The first-order valence-corrected chi connectivity index (χ1v) is 36.2. The van der Waals surface area contributed by atoms with Gasteiger partial charge in [-0.1, -0.05) is 340 Å². The van der Waals surface area contributed by atoms with Crippen LogP contribution in [0, 0.1) is 23.7 Å². The van der Waals surface area contributed by atoms with Crippen molar-refractivity contribution in [3.8, 4) is 23.7 Å². The topological polar surface area (TPSA) is 25.3 Å². The van der Waals surface area contributed by atoms with E-state index in [9.17, 15) is 5.53 Å². The molecule has 456 valence electrons. The van der Waals surface area contributed by atoms with E-state index in [1.54, 1.807) is 4.70 Å². The van der Waals surface area contributed by atoms with Crippen molar-refractivity contribution in [1.29, 1.82) is 0 Å². The molecule has 0 radical (unpaired) electrons. The Balaban J connectivity index is 1.39. The van der Waals surface area contributed by atoms with Crippen LogP contribution in [0.2, 0.25) is 0 Å². The molecular formula is C79H130N2. The summed E-state index contributed by atoms with van der Waals surface area (Å²) in [5, 5.41) is 0. The van der Waals surface area contributed by atoms with Gasteiger partial charge in [0.2, 0.25) is 11.4 Å². The maximum Gasteiger partial charge on any atom is 0.211 e. The molecule has 1 aliphatic rings. The molecule has 2 heteroatoms. The number of aryl methyl sites for hydroxylation is 2. The van der Waals surface area contributed by atoms with Gasteiger partial charge in [0, 0.05) is 48.0 Å². The number of benzene rings is 2. The molecule has 3 rings (SSSR count). The van der Waals surface area contributed by atoms with Crippen LogP contribution < -0.4 is 0 Å². The van der Waals surface area contributed by atoms with Crippen molar-refractivity contribution in [3.63, 3.8) is 0 Å². The highest BCUT2D eigenvalue weighted by atomic mass is 15.2. The normalized spacial score (nSPS) is 12.4. The van der Waals surface area contributed by atoms with Gasteiger partial charge in [-0.2, -0.15) is 0 Å². The molecule has 2 nitrogen and oxygen atoms in total. The third-order valence-electron chi connectivity index (χ3n) is 17.8. The number of rotatable bonds is 55. The summed E-state index contributed by atoms with van der Waals surface area (Å²) in [6, 6.07) is 17.8. The Kier molecular flexibility index (Phi) is 47.4. The van der Waals surface area contributed by atoms with Crippen LogP contribution >= 0.6 is 0 Å². The van der Waals surface area contributed by atoms with Gasteiger partial charge in [-0.05, 0) is 74.6 Å². The molecule has 0 atom stereocenters. The van der Waals surface area contributed by atoms with Gasteiger partial charge in [0.15, 0.2) is 0 Å². The Hall–Kier alpha value is -3.36. The van der Waals surface area contributed by atoms with Crippen molar-refractivity contribution in [3.05, 3.63) is 87.5 Å². The summed E-state index contributed by atoms with van der Waals surface area (Å²) < 4.78 is 1.62. The SMILES string of the molecule is CCCCCCCCCCCCCCCCCCCCC#CCCc1ccccc1C1=C(CCCC)C(CCCCCC)=C(c2ccccc2CCC#CCCCCCCCCCCCCCCCCCCCCCCCCC)[N+]1=[N-]. The van der Waals surface area contributed by atoms with Crippen LogP contribution in [-0.2, 0) is 12.8 Å². The van der Waals surface area contributed by atoms with Gasteiger partial charge in [0.1, 0.15) is 0 Å². The van der Waals surface area contributed by atoms with Crippen LogP contribution in [-0.4, -0.2) is 4.70 Å². The third kappa shape index (κ3) is 35.5. The van der Waals surface area contributed by atoms with E-state index < -0.39 is 0 Å². The molecule has 0 spiro atoms. The third-order valence-corrected chi connectivity index (χ3v) is 17.8. The fourth-order valence-electron chi connectivity index (χ4n) is 12.6. The van der Waals surface area contributed by atoms with Crippen LogP contribution in [0.1, 0.15) is 390 Å². The summed E-state index contributed by atoms with van der Waals surface area (Å²) in [4.78, 5) is 0. The van der Waals surface area contributed by atoms with E-state index in [2.05, 4.69) is 99.9 Å². The van der Waals surface area contributed by atoms with Crippen molar-refractivity contribution in [1.82, 2.24) is 0 Å². The van der Waals surface area contributed by atoms with E-state index in [4.69, 9.17) is 0 Å². The fourth-order valence-corrected chi connectivity index (χ4v) is 12.6. The number of hydrogen-bond acceptors (Lipinski definition) is 0. The Morgan fingerprint density at radius 1 is 0.259 bits per heavy atom. The maximum atomic E-state index is 12.6. The van der Waals surface area contributed by atoms with Gasteiger partial charge in [0.05, 0.1) is 0 Å². The van der Waals surface area contributed by atoms with Crippen LogP contribution in [0.25, 0.3) is 16.9 Å². The summed E-state index contributed by atoms with van der Waals surface area (Å²) in [7, 11) is 0. The first-order valence-electron chi connectivity index (χ1n) is 36.2. The standard InChI is InChI=1S/C79H130N2/c1-5-9-13-16-18-20-22-24-26-28-30-32-34-35-36-37-38-40-42-44-46-48-50-52-54-56-58-65-73-67-61-63-70-75(73)79-77(71-59-15-11-7-3)76(68-12-8-4)78(81(79)80)74-69-62-60-66-72(74)64-57-55-53-51-49-47-45-43-41-39-33-31-29-27-25-23-21-19-17-14-10-6-2/h60-63,66-67,69-70H,5-52,57-59,64-65,68,71H2,1-4H3. The zero-order chi connectivity index (χ0) is 57.6. The Bertz CT molecular complexity index is 2010. The quantitative estimate of drug-likeness (QED) is 0.0358. The van der Waals surface area contributed by atoms with Gasteiger partial charge < -0.3 is 5.53 Å². The predicted molar refractivity (Wildman–Crippen MR) is 361 cm³/mol. The Morgan fingerprint density at radius 2 is 0.494 bits per heavy atom. The molecule has 0 amide bonds. The van der Waals surface area contributed by atoms with Gasteiger partial charge in [-0.15, -0.1) is 23.7 Å². The smallest absolute Gasteiger partial charge is 0.211 e. The number of nitrogens with zero attached hydrogens (tertiary/aromatic N) is 2. The number of unbranched alkanes of at least 4 members (excludes halogenated alkanes) is 45. The van der Waals surface area contributed by atoms with Crippen molar-refractivity contribution in [2.75, 3.05) is 0 Å². The monoisotopic (exact) mass is 1110 g/mol. The molecule has 0 bridgehead atoms. The molecule has 1 aliphatic heterocycles. The molecule has 1 heterocycles. The lowest BCUT2D eigenvalue weighted by molar-refractivity contribution is -0.345. The van der Waals surface area contributed by atoms with E-state index in [0.29, 0.717) is 0 Å². The van der Waals surface area contributed by atoms with E-state index in [0.717, 1.165) is 82.0 Å². The minimum absolute atomic E-state index is 0.854. The van der Waals surface area contributed by atoms with Crippen molar-refractivity contribution in [2.24, 2.45) is 0 Å². The second kappa shape index (κ2) is 53.4. The van der Waals surface area contributed by atoms with Crippen molar-refractivity contribution < 1.29 is 4.70 Å². The number of allylic oxidation sites excluding steroid dienone is 2. The second-order valence-corrected chi connectivity index (χ2v) is 25.2. The van der Waals surface area contributed by atoms with E-state index in [-0.39, 0.29) is 0 Å². The van der Waals surface area contributed by atoms with Crippen molar-refractivity contribution >= 4 is 11.4 Å². The highest BCUT2D eigenvalue weighted by molar-refractivity contribution is 5.83. The lowest BCUT2D eigenvalue weighted by Gasteiger charge is -2.14. The summed E-state index contributed by atoms with van der Waals surface area (Å²) in [6.45, 7) is 9.21. The lowest BCUT2D eigenvalue weighted by Crippen LogP contribution is -2.06. The largest absolute Gasteiger partial charge is 0.493 e. The first kappa shape index (κ1) is 71.9. The lowest BCUT2D eigenvalue weighted by atomic mass is 9.89. The van der Waals surface area contributed by atoms with E-state index in [1.165, 1.54) is 316 Å². The summed E-state index contributed by atoms with van der Waals surface area (Å²) in [5.74, 6) is 14.2. The molecule has 0 fully saturated rings. The van der Waals surface area contributed by atoms with Crippen LogP contribution in [0.3, 0.4) is 0 Å². The summed E-state index contributed by atoms with van der Waals surface area (Å²) in [6.07, 6.45) is 72.7. The van der Waals surface area contributed by atoms with E-state index in [1.807, 2.05) is 0 Å². The average molecular weight is 1110 g/mol. The molecule has 0 saturated heterocycles. The molecular weight excluding hydrogens is 977 g/mol. The summed E-state index contributed by atoms with van der Waals surface area (Å²) >= 11 is 0. The highest BCUT2D eigenvalue weighted by Gasteiger charge is 2.36. The molecule has 81 heavy (non-hydrogen) atoms. The molecule has 0 saturated carbocycles. The minimum Gasteiger partial charge on any atom is -0.493 e. The molecule has 0 unspecified atom stereocenters. The Labute approximate surface area is 505 Å². The number of hydrogen-bond donors (Lipinski definition) is 0. The molecule has 0 N–H and O–H groups in total. The van der Waals surface area contributed by atoms with Crippen LogP contribution in [0.4, 0.5) is 0 Å². The van der Waals surface area contributed by atoms with Gasteiger partial charge >= 0.3 is 0 Å². The highest BCUT2D eigenvalue weighted by Crippen LogP contribution is 2.46. The van der Waals surface area contributed by atoms with Gasteiger partial charge in [-0.25, -0.2) is 4.70 Å². The average Bonchev–Trinajstić information content (AvgIpc) is 4.03. The zero-order valence-electron chi connectivity index (χ0n) is 54.4. The summed E-state index contributed by atoms with van der Waals surface area (Å²) in [5.41, 5.74) is 22.3. The second-order valence-electron chi connectivity index (χ2n) is 25.2. The van der Waals surface area contributed by atoms with Crippen LogP contribution in [0.5, 0.6) is 0 Å². The van der Waals surface area contributed by atoms with Gasteiger partial charge in [-0.3, -0.25) is 0 Å². The van der Waals surface area contributed by atoms with Crippen LogP contribution in [0.15, 0.2) is 59.7 Å². The zero-order valence-corrected chi connectivity index (χ0v) is 54.4. The van der Waals surface area contributed by atoms with E-state index >= 15 is 0 Å². The maximum absolute atomic E-state index is 12.6.